The Morgan fingerprint density at radius 1 is 1.60 bits per heavy atom. The minimum atomic E-state index is 0.704. The number of nitrogens with one attached hydrogen (secondary N) is 1. The lowest BCUT2D eigenvalue weighted by molar-refractivity contribution is 0.416. The van der Waals surface area contributed by atoms with Crippen LogP contribution in [0.4, 0.5) is 0 Å². The molecule has 0 bridgehead atoms. The van der Waals surface area contributed by atoms with Gasteiger partial charge in [-0.3, -0.25) is 0 Å². The third kappa shape index (κ3) is 0.428. The van der Waals surface area contributed by atoms with Crippen LogP contribution in [0.15, 0.2) is 0 Å². The number of rotatable bonds is 0. The third-order valence-electron chi connectivity index (χ3n) is 0.866. The molecule has 0 aliphatic carbocycles. The van der Waals surface area contributed by atoms with Crippen molar-refractivity contribution in [2.75, 3.05) is 13.1 Å². The van der Waals surface area contributed by atoms with Crippen LogP contribution in [0.3, 0.4) is 0 Å². The second-order valence-electron chi connectivity index (χ2n) is 1.52. The smallest absolute Gasteiger partial charge is 0.000825 e. The van der Waals surface area contributed by atoms with Gasteiger partial charge in [-0.05, 0) is 25.9 Å². The Labute approximate surface area is 32.4 Å². The maximum Gasteiger partial charge on any atom is -0.000825 e. The average molecular weight is 70.1 g/mol. The van der Waals surface area contributed by atoms with Gasteiger partial charge in [0.05, 0.1) is 0 Å². The highest BCUT2D eigenvalue weighted by Gasteiger charge is 2.07. The zero-order valence-corrected chi connectivity index (χ0v) is 3.20. The summed E-state index contributed by atoms with van der Waals surface area (Å²) in [5.74, 6) is 0.704. The van der Waals surface area contributed by atoms with Crippen molar-refractivity contribution in [2.24, 2.45) is 5.92 Å². The minimum Gasteiger partial charge on any atom is -0.316 e. The van der Waals surface area contributed by atoms with Crippen LogP contribution in [-0.4, -0.2) is 13.1 Å². The van der Waals surface area contributed by atoms with Gasteiger partial charge in [0.25, 0.3) is 0 Å². The standard InChI is InChI=1S/C4H8N/c1-4-2-5-3-4/h4-5H,1-3H2. The minimum absolute atomic E-state index is 0.704. The van der Waals surface area contributed by atoms with Crippen LogP contribution >= 0.6 is 0 Å². The van der Waals surface area contributed by atoms with Gasteiger partial charge >= 0.3 is 0 Å². The van der Waals surface area contributed by atoms with Gasteiger partial charge in [0, 0.05) is 0 Å². The van der Waals surface area contributed by atoms with E-state index in [2.05, 4.69) is 12.2 Å². The summed E-state index contributed by atoms with van der Waals surface area (Å²) in [6, 6.07) is 0. The van der Waals surface area contributed by atoms with Crippen molar-refractivity contribution in [3.8, 4) is 0 Å². The number of hydrogen-bond acceptors (Lipinski definition) is 1. The molecule has 0 saturated carbocycles. The first kappa shape index (κ1) is 3.16. The molecule has 0 atom stereocenters. The van der Waals surface area contributed by atoms with Crippen molar-refractivity contribution in [1.82, 2.24) is 5.32 Å². The summed E-state index contributed by atoms with van der Waals surface area (Å²) < 4.78 is 0. The molecule has 0 aromatic carbocycles. The highest BCUT2D eigenvalue weighted by Crippen LogP contribution is 1.96. The van der Waals surface area contributed by atoms with Crippen LogP contribution < -0.4 is 5.32 Å². The maximum absolute atomic E-state index is 3.78. The van der Waals surface area contributed by atoms with Gasteiger partial charge in [-0.1, -0.05) is 0 Å². The number of hydrogen-bond donors (Lipinski definition) is 1. The molecule has 0 unspecified atom stereocenters. The molecular weight excluding hydrogens is 62.1 g/mol. The molecule has 1 heteroatoms. The van der Waals surface area contributed by atoms with E-state index in [1.54, 1.807) is 0 Å². The van der Waals surface area contributed by atoms with E-state index in [-0.39, 0.29) is 0 Å². The Hall–Kier alpha value is -0.0400. The van der Waals surface area contributed by atoms with E-state index in [4.69, 9.17) is 0 Å². The topological polar surface area (TPSA) is 12.0 Å². The van der Waals surface area contributed by atoms with E-state index in [0.29, 0.717) is 5.92 Å². The highest BCUT2D eigenvalue weighted by atomic mass is 14.9. The second-order valence-corrected chi connectivity index (χ2v) is 1.52. The molecule has 5 heavy (non-hydrogen) atoms. The molecule has 29 valence electrons. The maximum atomic E-state index is 3.78. The Morgan fingerprint density at radius 3 is 2.00 bits per heavy atom. The van der Waals surface area contributed by atoms with Gasteiger partial charge in [0.1, 0.15) is 0 Å². The molecular formula is C4H8N. The summed E-state index contributed by atoms with van der Waals surface area (Å²) in [7, 11) is 0. The van der Waals surface area contributed by atoms with E-state index in [0.717, 1.165) is 13.1 Å². The fraction of sp³-hybridized carbons (Fsp3) is 0.750. The molecule has 0 amide bonds. The van der Waals surface area contributed by atoms with Gasteiger partial charge in [0.2, 0.25) is 0 Å². The SMILES string of the molecule is [CH2]C1CNC1. The van der Waals surface area contributed by atoms with E-state index in [1.807, 2.05) is 0 Å². The fourth-order valence-corrected chi connectivity index (χ4v) is 0.348. The summed E-state index contributed by atoms with van der Waals surface area (Å²) in [4.78, 5) is 0. The largest absolute Gasteiger partial charge is 0.316 e. The lowest BCUT2D eigenvalue weighted by Crippen LogP contribution is -2.39. The van der Waals surface area contributed by atoms with Gasteiger partial charge in [-0.25, -0.2) is 0 Å². The van der Waals surface area contributed by atoms with Crippen LogP contribution in [-0.2, 0) is 0 Å². The molecule has 1 N–H and O–H groups in total. The molecule has 1 rings (SSSR count). The van der Waals surface area contributed by atoms with E-state index >= 15 is 0 Å². The average Bonchev–Trinajstić information content (AvgIpc) is 1.30. The first-order chi connectivity index (χ1) is 2.39. The Balaban J connectivity index is 2.08. The predicted octanol–water partition coefficient (Wildman–Crippen LogP) is 0.0399. The van der Waals surface area contributed by atoms with E-state index in [9.17, 15) is 0 Å². The third-order valence-corrected chi connectivity index (χ3v) is 0.866. The quantitative estimate of drug-likeness (QED) is 0.424. The Bertz CT molecular complexity index is 30.6. The first-order valence-electron chi connectivity index (χ1n) is 1.93. The lowest BCUT2D eigenvalue weighted by Gasteiger charge is -2.21. The molecule has 1 heterocycles. The Morgan fingerprint density at radius 2 is 2.00 bits per heavy atom. The van der Waals surface area contributed by atoms with E-state index in [1.165, 1.54) is 0 Å². The zero-order valence-electron chi connectivity index (χ0n) is 3.20. The molecule has 1 aliphatic rings. The van der Waals surface area contributed by atoms with Crippen molar-refractivity contribution in [3.63, 3.8) is 0 Å². The molecule has 1 radical (unpaired) electrons. The van der Waals surface area contributed by atoms with Crippen molar-refractivity contribution >= 4 is 0 Å². The first-order valence-corrected chi connectivity index (χ1v) is 1.93. The Kier molecular flexibility index (Phi) is 0.618. The normalized spacial score (nSPS) is 25.8. The van der Waals surface area contributed by atoms with Gasteiger partial charge in [-0.2, -0.15) is 0 Å². The summed E-state index contributed by atoms with van der Waals surface area (Å²) in [5.41, 5.74) is 0. The van der Waals surface area contributed by atoms with Crippen LogP contribution in [0.25, 0.3) is 0 Å². The second kappa shape index (κ2) is 0.977. The van der Waals surface area contributed by atoms with Crippen molar-refractivity contribution < 1.29 is 0 Å². The van der Waals surface area contributed by atoms with Gasteiger partial charge in [-0.15, -0.1) is 0 Å². The molecule has 1 saturated heterocycles. The zero-order chi connectivity index (χ0) is 3.70. The molecule has 1 nitrogen and oxygen atoms in total. The van der Waals surface area contributed by atoms with Crippen LogP contribution in [0, 0.1) is 12.8 Å². The van der Waals surface area contributed by atoms with Crippen molar-refractivity contribution in [2.45, 2.75) is 0 Å². The fourth-order valence-electron chi connectivity index (χ4n) is 0.348. The molecule has 0 spiro atoms. The molecule has 1 fully saturated rings. The van der Waals surface area contributed by atoms with Crippen LogP contribution in [0.1, 0.15) is 0 Å². The van der Waals surface area contributed by atoms with Crippen LogP contribution in [0.5, 0.6) is 0 Å². The summed E-state index contributed by atoms with van der Waals surface area (Å²) in [6.07, 6.45) is 0. The lowest BCUT2D eigenvalue weighted by atomic mass is 10.1. The van der Waals surface area contributed by atoms with Crippen LogP contribution in [0.2, 0.25) is 0 Å². The van der Waals surface area contributed by atoms with Crippen molar-refractivity contribution in [3.05, 3.63) is 6.92 Å². The van der Waals surface area contributed by atoms with E-state index < -0.39 is 0 Å². The van der Waals surface area contributed by atoms with Gasteiger partial charge in [0.15, 0.2) is 0 Å². The van der Waals surface area contributed by atoms with Crippen molar-refractivity contribution in [1.29, 1.82) is 0 Å². The molecule has 0 aromatic rings. The highest BCUT2D eigenvalue weighted by molar-refractivity contribution is 4.75. The molecule has 0 aromatic heterocycles. The summed E-state index contributed by atoms with van der Waals surface area (Å²) in [6.45, 7) is 6.03. The van der Waals surface area contributed by atoms with Gasteiger partial charge < -0.3 is 5.32 Å². The molecule has 1 aliphatic heterocycles. The predicted molar refractivity (Wildman–Crippen MR) is 21.7 cm³/mol. The summed E-state index contributed by atoms with van der Waals surface area (Å²) in [5, 5.41) is 3.10. The summed E-state index contributed by atoms with van der Waals surface area (Å²) >= 11 is 0. The monoisotopic (exact) mass is 70.1 g/mol.